The predicted octanol–water partition coefficient (Wildman–Crippen LogP) is 2.65. The monoisotopic (exact) mass is 796 g/mol. The van der Waals surface area contributed by atoms with Gasteiger partial charge in [-0.3, -0.25) is 0 Å². The van der Waals surface area contributed by atoms with E-state index in [1.165, 1.54) is 18.4 Å². The van der Waals surface area contributed by atoms with E-state index >= 15 is 0 Å². The smallest absolute Gasteiger partial charge is 1.00 e. The second kappa shape index (κ2) is 21.6. The van der Waals surface area contributed by atoms with Gasteiger partial charge in [0.05, 0.1) is 24.0 Å². The van der Waals surface area contributed by atoms with Gasteiger partial charge in [-0.25, -0.2) is 0 Å². The van der Waals surface area contributed by atoms with Gasteiger partial charge in [0.1, 0.15) is 0 Å². The van der Waals surface area contributed by atoms with Gasteiger partial charge < -0.3 is 32.8 Å². The molecule has 0 aromatic heterocycles. The molecule has 0 saturated heterocycles. The van der Waals surface area contributed by atoms with E-state index in [1.54, 1.807) is 0 Å². The van der Waals surface area contributed by atoms with Crippen LogP contribution in [0.2, 0.25) is 0 Å². The number of halogens is 5. The number of hydrogen-bond donors (Lipinski definition) is 0. The molecule has 0 bridgehead atoms. The molecule has 166 valence electrons. The van der Waals surface area contributed by atoms with Gasteiger partial charge >= 0.3 is 29.6 Å². The molecule has 2 nitrogen and oxygen atoms in total. The molecule has 0 radical (unpaired) electrons. The number of nitrogens with zero attached hydrogens (tertiary/aromatic N) is 2. The zero-order valence-electron chi connectivity index (χ0n) is 18.9. The maximum absolute atomic E-state index is 9.10. The normalized spacial score (nSPS) is 12.1. The Balaban J connectivity index is -0.000000188. The summed E-state index contributed by atoms with van der Waals surface area (Å²) in [6.45, 7) is 0. The first kappa shape index (κ1) is 36.6. The number of benzene rings is 2. The Hall–Kier alpha value is 1.07. The van der Waals surface area contributed by atoms with E-state index in [1.807, 2.05) is 48.5 Å². The molecule has 0 N–H and O–H groups in total. The molecule has 8 heteroatoms. The number of alkyl halides is 2. The molecule has 0 spiro atoms. The molecule has 31 heavy (non-hydrogen) atoms. The second-order valence-electron chi connectivity index (χ2n) is 6.25. The van der Waals surface area contributed by atoms with Crippen molar-refractivity contribution in [2.45, 2.75) is 37.5 Å². The third-order valence-corrected chi connectivity index (χ3v) is 6.46. The van der Waals surface area contributed by atoms with Gasteiger partial charge in [-0.05, 0) is 61.1 Å². The van der Waals surface area contributed by atoms with Crippen LogP contribution in [-0.4, -0.2) is 10.7 Å². The summed E-state index contributed by atoms with van der Waals surface area (Å²) in [6, 6.07) is 20.4. The van der Waals surface area contributed by atoms with Crippen molar-refractivity contribution in [3.05, 3.63) is 76.0 Å². The van der Waals surface area contributed by atoms with Crippen LogP contribution in [0.4, 0.5) is 0 Å². The van der Waals surface area contributed by atoms with Crippen LogP contribution >= 0.6 is 63.7 Å². The van der Waals surface area contributed by atoms with Crippen LogP contribution in [0.25, 0.3) is 0 Å². The molecule has 0 aliphatic heterocycles. The topological polar surface area (TPSA) is 47.6 Å². The first-order valence-electron chi connectivity index (χ1n) is 8.92. The summed E-state index contributed by atoms with van der Waals surface area (Å²) >= 11 is 13.3. The number of rotatable bonds is 4. The van der Waals surface area contributed by atoms with E-state index in [9.17, 15) is 0 Å². The Morgan fingerprint density at radius 3 is 1.61 bits per heavy atom. The molecule has 2 aromatic carbocycles. The SMILES string of the molecule is BrCCCBr.N#CC1(c2ccc(Br)cc2)CCC1.N#CCc1ccc(Br)cc1.[CH3-].[H-].[I-].[Na+]. The average molecular weight is 800 g/mol. The third-order valence-electron chi connectivity index (χ3n) is 4.28. The molecule has 0 atom stereocenters. The van der Waals surface area contributed by atoms with Gasteiger partial charge in [0, 0.05) is 19.6 Å². The minimum Gasteiger partial charge on any atom is -1.00 e. The van der Waals surface area contributed by atoms with Gasteiger partial charge in [-0.15, -0.1) is 0 Å². The van der Waals surface area contributed by atoms with E-state index in [0.717, 1.165) is 38.0 Å². The maximum Gasteiger partial charge on any atom is 1.00 e. The van der Waals surface area contributed by atoms with Crippen LogP contribution in [0.3, 0.4) is 0 Å². The van der Waals surface area contributed by atoms with Crippen molar-refractivity contribution in [2.75, 3.05) is 10.7 Å². The van der Waals surface area contributed by atoms with Crippen molar-refractivity contribution in [1.82, 2.24) is 0 Å². The van der Waals surface area contributed by atoms with Crippen LogP contribution in [0.5, 0.6) is 0 Å². The summed E-state index contributed by atoms with van der Waals surface area (Å²) in [5, 5.41) is 19.6. The first-order chi connectivity index (χ1) is 13.5. The molecule has 0 heterocycles. The summed E-state index contributed by atoms with van der Waals surface area (Å²) in [5.74, 6) is 0. The van der Waals surface area contributed by atoms with E-state index in [0.29, 0.717) is 6.42 Å². The summed E-state index contributed by atoms with van der Waals surface area (Å²) in [7, 11) is 0. The molecular weight excluding hydrogens is 774 g/mol. The predicted molar refractivity (Wildman–Crippen MR) is 138 cm³/mol. The van der Waals surface area contributed by atoms with Crippen molar-refractivity contribution < 1.29 is 55.0 Å². The van der Waals surface area contributed by atoms with Crippen molar-refractivity contribution in [3.8, 4) is 12.1 Å². The summed E-state index contributed by atoms with van der Waals surface area (Å²) in [4.78, 5) is 0. The Labute approximate surface area is 262 Å². The van der Waals surface area contributed by atoms with E-state index in [2.05, 4.69) is 75.9 Å². The second-order valence-corrected chi connectivity index (χ2v) is 9.66. The molecule has 1 aliphatic rings. The first-order valence-corrected chi connectivity index (χ1v) is 12.7. The minimum absolute atomic E-state index is 0. The van der Waals surface area contributed by atoms with Crippen LogP contribution in [0.15, 0.2) is 57.5 Å². The van der Waals surface area contributed by atoms with Crippen molar-refractivity contribution in [1.29, 1.82) is 10.5 Å². The molecule has 3 rings (SSSR count). The molecule has 1 fully saturated rings. The van der Waals surface area contributed by atoms with Crippen molar-refractivity contribution in [2.24, 2.45) is 0 Å². The quantitative estimate of drug-likeness (QED) is 0.207. The molecule has 0 unspecified atom stereocenters. The summed E-state index contributed by atoms with van der Waals surface area (Å²) in [5.41, 5.74) is 2.07. The Morgan fingerprint density at radius 2 is 1.32 bits per heavy atom. The zero-order chi connectivity index (χ0) is 20.8. The van der Waals surface area contributed by atoms with Crippen LogP contribution in [0.1, 0.15) is 38.2 Å². The van der Waals surface area contributed by atoms with Crippen molar-refractivity contribution >= 4 is 63.7 Å². The molecule has 1 saturated carbocycles. The van der Waals surface area contributed by atoms with Gasteiger partial charge in [0.25, 0.3) is 0 Å². The van der Waals surface area contributed by atoms with Gasteiger partial charge in [0.2, 0.25) is 0 Å². The average Bonchev–Trinajstić information content (AvgIpc) is 2.67. The van der Waals surface area contributed by atoms with Crippen LogP contribution in [0, 0.1) is 30.1 Å². The molecule has 0 amide bonds. The van der Waals surface area contributed by atoms with Crippen molar-refractivity contribution in [3.63, 3.8) is 0 Å². The fraction of sp³-hybridized carbons (Fsp3) is 0.348. The number of nitriles is 2. The Morgan fingerprint density at radius 1 is 0.871 bits per heavy atom. The van der Waals surface area contributed by atoms with Gasteiger partial charge in [0.15, 0.2) is 0 Å². The van der Waals surface area contributed by atoms with Crippen LogP contribution < -0.4 is 53.5 Å². The molecule has 2 aromatic rings. The van der Waals surface area contributed by atoms with E-state index in [4.69, 9.17) is 10.5 Å². The fourth-order valence-electron chi connectivity index (χ4n) is 2.51. The fourth-order valence-corrected chi connectivity index (χ4v) is 4.35. The van der Waals surface area contributed by atoms with Crippen LogP contribution in [-0.2, 0) is 11.8 Å². The Bertz CT molecular complexity index is 788. The largest absolute Gasteiger partial charge is 1.00 e. The number of hydrogen-bond acceptors (Lipinski definition) is 2. The minimum atomic E-state index is -0.166. The molecular formula is C23H26Br4IN2Na-2. The standard InChI is InChI=1S/C11H10BrN.C8H6BrN.C3H6Br2.CH3.HI.Na.H/c12-10-4-2-9(3-5-10)11(8-13)6-1-7-11;9-8-3-1-7(2-4-8)5-6-10;4-2-1-3-5;;;;/h2-5H,1,6-7H2;1-4H,5H2;1-3H2;1H3;1H;;/q;;;-1;;+1;-1/p-1. The third kappa shape index (κ3) is 14.2. The zero-order valence-corrected chi connectivity index (χ0v) is 28.4. The maximum atomic E-state index is 9.10. The summed E-state index contributed by atoms with van der Waals surface area (Å²) in [6.07, 6.45) is 4.94. The van der Waals surface area contributed by atoms with E-state index in [-0.39, 0.29) is 67.8 Å². The van der Waals surface area contributed by atoms with Gasteiger partial charge in [-0.2, -0.15) is 10.5 Å². The summed E-state index contributed by atoms with van der Waals surface area (Å²) < 4.78 is 2.12. The van der Waals surface area contributed by atoms with E-state index < -0.39 is 0 Å². The molecule has 1 aliphatic carbocycles. The van der Waals surface area contributed by atoms with Gasteiger partial charge in [-0.1, -0.05) is 88.0 Å². The Kier molecular flexibility index (Phi) is 25.5.